The van der Waals surface area contributed by atoms with Gasteiger partial charge in [0.15, 0.2) is 29.2 Å². The van der Waals surface area contributed by atoms with Crippen LogP contribution in [0.4, 0.5) is 0 Å². The van der Waals surface area contributed by atoms with E-state index in [9.17, 15) is 44.7 Å². The zero-order chi connectivity index (χ0) is 31.1. The topological polar surface area (TPSA) is 249 Å². The SMILES string of the molecule is COc1c2c(cc3oc(=O)oc13)C(=O)c1c(O)c3c(c(O)c1C2=O)[C@@H](O[C@H]1C[C@H](N)[C@H](O)[C@H](C)O1)C[C@](O)(C(=O)CO)C3. The molecule has 1 aliphatic heterocycles. The third-order valence-corrected chi connectivity index (χ3v) is 8.34. The number of fused-ring (bicyclic) bond motifs is 4. The molecule has 15 heteroatoms. The van der Waals surface area contributed by atoms with E-state index in [0.717, 1.165) is 13.2 Å². The Labute approximate surface area is 241 Å². The summed E-state index contributed by atoms with van der Waals surface area (Å²) in [7, 11) is 1.16. The van der Waals surface area contributed by atoms with Crippen molar-refractivity contribution in [2.45, 2.75) is 62.4 Å². The van der Waals surface area contributed by atoms with Crippen molar-refractivity contribution in [2.24, 2.45) is 5.73 Å². The quantitative estimate of drug-likeness (QED) is 0.161. The lowest BCUT2D eigenvalue weighted by Crippen LogP contribution is -2.53. The van der Waals surface area contributed by atoms with Gasteiger partial charge in [-0.2, -0.15) is 0 Å². The lowest BCUT2D eigenvalue weighted by atomic mass is 9.72. The van der Waals surface area contributed by atoms with Gasteiger partial charge in [0.25, 0.3) is 0 Å². The van der Waals surface area contributed by atoms with Crippen molar-refractivity contribution in [3.63, 3.8) is 0 Å². The predicted molar refractivity (Wildman–Crippen MR) is 140 cm³/mol. The van der Waals surface area contributed by atoms with Gasteiger partial charge in [-0.05, 0) is 13.0 Å². The Morgan fingerprint density at radius 1 is 1.12 bits per heavy atom. The largest absolute Gasteiger partial charge is 0.519 e. The van der Waals surface area contributed by atoms with E-state index in [1.165, 1.54) is 0 Å². The van der Waals surface area contributed by atoms with Gasteiger partial charge in [0, 0.05) is 42.0 Å². The van der Waals surface area contributed by atoms with E-state index in [2.05, 4.69) is 0 Å². The second kappa shape index (κ2) is 9.97. The summed E-state index contributed by atoms with van der Waals surface area (Å²) >= 11 is 0. The van der Waals surface area contributed by atoms with Crippen LogP contribution in [0.25, 0.3) is 11.2 Å². The number of ether oxygens (including phenoxy) is 3. The van der Waals surface area contributed by atoms with Crippen LogP contribution in [0, 0.1) is 0 Å². The van der Waals surface area contributed by atoms with Gasteiger partial charge in [-0.1, -0.05) is 0 Å². The van der Waals surface area contributed by atoms with E-state index in [-0.39, 0.29) is 45.6 Å². The van der Waals surface area contributed by atoms with Crippen LogP contribution in [0.2, 0.25) is 0 Å². The minimum Gasteiger partial charge on any atom is -0.507 e. The van der Waals surface area contributed by atoms with Gasteiger partial charge in [0.05, 0.1) is 42.1 Å². The summed E-state index contributed by atoms with van der Waals surface area (Å²) in [6, 6.07) is 0.289. The number of aliphatic hydroxyl groups is 3. The Hall–Kier alpha value is -4.12. The molecule has 7 N–H and O–H groups in total. The Balaban J connectivity index is 1.55. The summed E-state index contributed by atoms with van der Waals surface area (Å²) in [6.07, 6.45) is -5.56. The molecule has 2 aliphatic carbocycles. The second-order valence-corrected chi connectivity index (χ2v) is 10.9. The van der Waals surface area contributed by atoms with Crippen molar-refractivity contribution in [2.75, 3.05) is 13.7 Å². The number of Topliss-reactive ketones (excluding diaryl/α,β-unsaturated/α-hetero) is 1. The lowest BCUT2D eigenvalue weighted by Gasteiger charge is -2.42. The fourth-order valence-electron chi connectivity index (χ4n) is 6.21. The number of hydrogen-bond acceptors (Lipinski definition) is 15. The number of nitrogens with two attached hydrogens (primary N) is 1. The fraction of sp³-hybridized carbons (Fsp3) is 0.429. The molecule has 43 heavy (non-hydrogen) atoms. The van der Waals surface area contributed by atoms with Gasteiger partial charge < -0.3 is 54.3 Å². The molecule has 0 saturated carbocycles. The number of ketones is 3. The average Bonchev–Trinajstić information content (AvgIpc) is 3.34. The Bertz CT molecular complexity index is 1760. The summed E-state index contributed by atoms with van der Waals surface area (Å²) < 4.78 is 27.0. The summed E-state index contributed by atoms with van der Waals surface area (Å²) in [5.74, 6) is -6.00. The normalized spacial score (nSPS) is 28.4. The van der Waals surface area contributed by atoms with Gasteiger partial charge >= 0.3 is 5.82 Å². The van der Waals surface area contributed by atoms with Gasteiger partial charge in [0.1, 0.15) is 23.7 Å². The molecule has 0 amide bonds. The minimum atomic E-state index is -2.32. The molecule has 228 valence electrons. The fourth-order valence-corrected chi connectivity index (χ4v) is 6.21. The first-order valence-corrected chi connectivity index (χ1v) is 13.3. The van der Waals surface area contributed by atoms with E-state index in [0.29, 0.717) is 0 Å². The van der Waals surface area contributed by atoms with Crippen molar-refractivity contribution in [3.8, 4) is 17.2 Å². The zero-order valence-corrected chi connectivity index (χ0v) is 22.8. The highest BCUT2D eigenvalue weighted by Crippen LogP contribution is 2.53. The van der Waals surface area contributed by atoms with Gasteiger partial charge in [-0.15, -0.1) is 0 Å². The standard InChI is InChI=1S/C28H27NO14/c1-8-20(32)11(29)4-15(40-8)41-13-6-28(38,14(31)7-30)5-10-16(13)23(35)19-18(22(10)34)21(33)9-3-12-25(43-27(37)42-12)26(39-2)17(9)24(19)36/h3,8,11,13,15,20,30,32,34-35,38H,4-7,29H2,1-2H3/t8-,11-,13-,15-,20+,28-/m0/s1. The average molecular weight is 602 g/mol. The Morgan fingerprint density at radius 3 is 2.47 bits per heavy atom. The van der Waals surface area contributed by atoms with Gasteiger partial charge in [0.2, 0.25) is 11.4 Å². The molecule has 1 saturated heterocycles. The third-order valence-electron chi connectivity index (χ3n) is 8.34. The van der Waals surface area contributed by atoms with Crippen LogP contribution < -0.4 is 16.3 Å². The molecule has 0 bridgehead atoms. The first-order valence-electron chi connectivity index (χ1n) is 13.3. The second-order valence-electron chi connectivity index (χ2n) is 10.9. The molecule has 6 rings (SSSR count). The van der Waals surface area contributed by atoms with E-state index < -0.39 is 101 Å². The summed E-state index contributed by atoms with van der Waals surface area (Å²) in [5.41, 5.74) is 0.793. The van der Waals surface area contributed by atoms with Gasteiger partial charge in [-0.25, -0.2) is 4.79 Å². The highest BCUT2D eigenvalue weighted by Gasteiger charge is 2.50. The number of phenolic OH excluding ortho intramolecular Hbond substituents is 2. The number of methoxy groups -OCH3 is 1. The first-order chi connectivity index (χ1) is 20.3. The summed E-state index contributed by atoms with van der Waals surface area (Å²) in [6.45, 7) is 0.481. The van der Waals surface area contributed by atoms with Crippen molar-refractivity contribution in [1.82, 2.24) is 0 Å². The molecule has 2 heterocycles. The summed E-state index contributed by atoms with van der Waals surface area (Å²) in [5, 5.41) is 54.1. The smallest absolute Gasteiger partial charge is 0.507 e. The number of aliphatic hydroxyl groups excluding tert-OH is 2. The number of carbonyl (C=O) groups excluding carboxylic acids is 3. The number of hydrogen-bond donors (Lipinski definition) is 6. The number of benzene rings is 2. The molecule has 3 aliphatic rings. The van der Waals surface area contributed by atoms with Crippen LogP contribution in [-0.2, 0) is 20.7 Å². The van der Waals surface area contributed by atoms with E-state index in [1.54, 1.807) is 6.92 Å². The van der Waals surface area contributed by atoms with Crippen LogP contribution >= 0.6 is 0 Å². The number of carbonyl (C=O) groups is 3. The third kappa shape index (κ3) is 4.19. The van der Waals surface area contributed by atoms with Crippen LogP contribution in [0.5, 0.6) is 17.2 Å². The predicted octanol–water partition coefficient (Wildman–Crippen LogP) is -0.299. The number of phenols is 2. The minimum absolute atomic E-state index is 0.0324. The number of rotatable bonds is 5. The Morgan fingerprint density at radius 2 is 1.81 bits per heavy atom. The van der Waals surface area contributed by atoms with Crippen molar-refractivity contribution >= 4 is 28.5 Å². The molecule has 2 aromatic carbocycles. The van der Waals surface area contributed by atoms with Crippen LogP contribution in [-0.4, -0.2) is 86.7 Å². The first kappa shape index (κ1) is 29.0. The van der Waals surface area contributed by atoms with E-state index in [4.69, 9.17) is 28.8 Å². The maximum Gasteiger partial charge on any atom is 0.519 e. The molecule has 1 fully saturated rings. The van der Waals surface area contributed by atoms with Crippen molar-refractivity contribution < 1.29 is 63.0 Å². The maximum atomic E-state index is 13.9. The molecule has 0 spiro atoms. The van der Waals surface area contributed by atoms with Crippen LogP contribution in [0.15, 0.2) is 19.7 Å². The molecule has 15 nitrogen and oxygen atoms in total. The van der Waals surface area contributed by atoms with Crippen molar-refractivity contribution in [3.05, 3.63) is 50.1 Å². The molecule has 1 aromatic heterocycles. The highest BCUT2D eigenvalue weighted by atomic mass is 16.7. The maximum absolute atomic E-state index is 13.9. The van der Waals surface area contributed by atoms with Gasteiger partial charge in [-0.3, -0.25) is 14.4 Å². The van der Waals surface area contributed by atoms with Crippen LogP contribution in [0.3, 0.4) is 0 Å². The van der Waals surface area contributed by atoms with E-state index >= 15 is 0 Å². The van der Waals surface area contributed by atoms with Crippen LogP contribution in [0.1, 0.15) is 68.8 Å². The highest BCUT2D eigenvalue weighted by molar-refractivity contribution is 6.32. The summed E-state index contributed by atoms with van der Waals surface area (Å²) in [4.78, 5) is 52.2. The number of aromatic hydroxyl groups is 2. The molecular weight excluding hydrogens is 574 g/mol. The molecule has 0 unspecified atom stereocenters. The Kier molecular flexibility index (Phi) is 6.72. The lowest BCUT2D eigenvalue weighted by molar-refractivity contribution is -0.247. The van der Waals surface area contributed by atoms with E-state index in [1.807, 2.05) is 0 Å². The molecule has 6 atom stereocenters. The van der Waals surface area contributed by atoms with Crippen molar-refractivity contribution in [1.29, 1.82) is 0 Å². The molecular formula is C28H27NO14. The zero-order valence-electron chi connectivity index (χ0n) is 22.8. The monoisotopic (exact) mass is 601 g/mol. The molecule has 0 radical (unpaired) electrons. The molecule has 3 aromatic rings.